The van der Waals surface area contributed by atoms with Crippen molar-refractivity contribution in [3.8, 4) is 0 Å². The SMILES string of the molecule is COCCC(C)(C)c1cc(C(C)(C)C)cc(C(C)(C)CCOC)c1P. The Morgan fingerprint density at radius 3 is 1.40 bits per heavy atom. The maximum absolute atomic E-state index is 5.36. The highest BCUT2D eigenvalue weighted by Gasteiger charge is 2.31. The van der Waals surface area contributed by atoms with Crippen LogP contribution in [0.3, 0.4) is 0 Å². The minimum Gasteiger partial charge on any atom is -0.385 e. The third-order valence-electron chi connectivity index (χ3n) is 5.37. The normalized spacial score (nSPS) is 13.4. The Morgan fingerprint density at radius 1 is 0.760 bits per heavy atom. The van der Waals surface area contributed by atoms with Gasteiger partial charge < -0.3 is 9.47 Å². The van der Waals surface area contributed by atoms with Crippen molar-refractivity contribution in [2.24, 2.45) is 0 Å². The summed E-state index contributed by atoms with van der Waals surface area (Å²) < 4.78 is 10.7. The molecule has 0 aliphatic heterocycles. The van der Waals surface area contributed by atoms with Crippen molar-refractivity contribution >= 4 is 14.5 Å². The van der Waals surface area contributed by atoms with Gasteiger partial charge in [0.15, 0.2) is 0 Å². The summed E-state index contributed by atoms with van der Waals surface area (Å²) in [6.45, 7) is 17.7. The number of hydrogen-bond donors (Lipinski definition) is 0. The summed E-state index contributed by atoms with van der Waals surface area (Å²) in [5, 5.41) is 1.34. The molecule has 2 nitrogen and oxygen atoms in total. The molecule has 0 saturated heterocycles. The summed E-state index contributed by atoms with van der Waals surface area (Å²) in [5.74, 6) is 0. The molecule has 0 amide bonds. The monoisotopic (exact) mass is 366 g/mol. The predicted octanol–water partition coefficient (Wildman–Crippen LogP) is 5.11. The first-order valence-electron chi connectivity index (χ1n) is 9.29. The van der Waals surface area contributed by atoms with E-state index in [4.69, 9.17) is 9.47 Å². The van der Waals surface area contributed by atoms with Crippen LogP contribution in [0.1, 0.15) is 78.0 Å². The fourth-order valence-electron chi connectivity index (χ4n) is 3.19. The van der Waals surface area contributed by atoms with Crippen LogP contribution < -0.4 is 5.30 Å². The Kier molecular flexibility index (Phi) is 7.69. The number of hydrogen-bond acceptors (Lipinski definition) is 2. The van der Waals surface area contributed by atoms with Crippen LogP contribution >= 0.6 is 9.24 Å². The molecule has 1 atom stereocenters. The Morgan fingerprint density at radius 2 is 1.12 bits per heavy atom. The van der Waals surface area contributed by atoms with Crippen LogP contribution in [0.5, 0.6) is 0 Å². The van der Waals surface area contributed by atoms with Gasteiger partial charge in [-0.1, -0.05) is 60.6 Å². The van der Waals surface area contributed by atoms with E-state index in [0.717, 1.165) is 26.1 Å². The van der Waals surface area contributed by atoms with E-state index in [9.17, 15) is 0 Å². The molecule has 1 aromatic rings. The highest BCUT2D eigenvalue weighted by atomic mass is 31.0. The molecular weight excluding hydrogens is 327 g/mol. The van der Waals surface area contributed by atoms with E-state index in [1.54, 1.807) is 14.2 Å². The lowest BCUT2D eigenvalue weighted by molar-refractivity contribution is 0.173. The van der Waals surface area contributed by atoms with Crippen LogP contribution in [0.15, 0.2) is 12.1 Å². The lowest BCUT2D eigenvalue weighted by atomic mass is 9.72. The standard InChI is InChI=1S/C22H39O2P/c1-20(2,3)16-14-17(21(4,5)10-12-23-8)19(25)18(15-16)22(6,7)11-13-24-9/h14-15H,10-13,25H2,1-9H3. The van der Waals surface area contributed by atoms with Crippen LogP contribution in [0.25, 0.3) is 0 Å². The molecule has 0 heterocycles. The van der Waals surface area contributed by atoms with E-state index in [-0.39, 0.29) is 16.2 Å². The zero-order chi connectivity index (χ0) is 19.5. The van der Waals surface area contributed by atoms with Crippen LogP contribution in [0.4, 0.5) is 0 Å². The molecule has 25 heavy (non-hydrogen) atoms. The summed E-state index contributed by atoms with van der Waals surface area (Å²) in [7, 11) is 6.59. The molecule has 0 spiro atoms. The molecule has 0 bridgehead atoms. The average molecular weight is 367 g/mol. The summed E-state index contributed by atoms with van der Waals surface area (Å²) >= 11 is 0. The smallest absolute Gasteiger partial charge is 0.0470 e. The predicted molar refractivity (Wildman–Crippen MR) is 114 cm³/mol. The van der Waals surface area contributed by atoms with Gasteiger partial charge >= 0.3 is 0 Å². The van der Waals surface area contributed by atoms with Gasteiger partial charge in [-0.15, -0.1) is 9.24 Å². The molecule has 0 saturated carbocycles. The van der Waals surface area contributed by atoms with Gasteiger partial charge in [-0.05, 0) is 51.1 Å². The van der Waals surface area contributed by atoms with E-state index in [2.05, 4.69) is 69.8 Å². The molecule has 1 unspecified atom stereocenters. The minimum atomic E-state index is 0.0699. The second-order valence-corrected chi connectivity index (χ2v) is 10.1. The maximum atomic E-state index is 5.36. The van der Waals surface area contributed by atoms with Gasteiger partial charge in [-0.3, -0.25) is 0 Å². The van der Waals surface area contributed by atoms with Gasteiger partial charge in [-0.25, -0.2) is 0 Å². The third kappa shape index (κ3) is 5.78. The van der Waals surface area contributed by atoms with Gasteiger partial charge in [0.25, 0.3) is 0 Å². The second kappa shape index (κ2) is 8.51. The van der Waals surface area contributed by atoms with Crippen molar-refractivity contribution in [2.45, 2.75) is 77.6 Å². The number of ether oxygens (including phenoxy) is 2. The molecule has 0 aliphatic rings. The first kappa shape index (κ1) is 22.6. The second-order valence-electron chi connectivity index (χ2n) is 9.49. The van der Waals surface area contributed by atoms with Gasteiger partial charge in [-0.2, -0.15) is 0 Å². The van der Waals surface area contributed by atoms with Gasteiger partial charge in [0, 0.05) is 27.4 Å². The quantitative estimate of drug-likeness (QED) is 0.595. The molecular formula is C22H39O2P. The largest absolute Gasteiger partial charge is 0.385 e. The first-order chi connectivity index (χ1) is 11.4. The number of methoxy groups -OCH3 is 2. The summed E-state index contributed by atoms with van der Waals surface area (Å²) in [4.78, 5) is 0. The van der Waals surface area contributed by atoms with Crippen molar-refractivity contribution in [1.82, 2.24) is 0 Å². The molecule has 0 fully saturated rings. The Labute approximate surface area is 158 Å². The van der Waals surface area contributed by atoms with Crippen molar-refractivity contribution in [1.29, 1.82) is 0 Å². The molecule has 3 heteroatoms. The summed E-state index contributed by atoms with van der Waals surface area (Å²) in [5.41, 5.74) is 4.50. The van der Waals surface area contributed by atoms with Gasteiger partial charge in [0.05, 0.1) is 0 Å². The van der Waals surface area contributed by atoms with Crippen LogP contribution in [0.2, 0.25) is 0 Å². The Hall–Kier alpha value is -0.430. The highest BCUT2D eigenvalue weighted by molar-refractivity contribution is 7.27. The molecule has 144 valence electrons. The van der Waals surface area contributed by atoms with E-state index in [1.165, 1.54) is 22.0 Å². The number of rotatable bonds is 8. The van der Waals surface area contributed by atoms with E-state index >= 15 is 0 Å². The molecule has 0 aromatic heterocycles. The van der Waals surface area contributed by atoms with Crippen molar-refractivity contribution in [3.05, 3.63) is 28.8 Å². The Bertz CT molecular complexity index is 527. The van der Waals surface area contributed by atoms with Gasteiger partial charge in [0.2, 0.25) is 0 Å². The Balaban J connectivity index is 3.55. The topological polar surface area (TPSA) is 18.5 Å². The fraction of sp³-hybridized carbons (Fsp3) is 0.727. The summed E-state index contributed by atoms with van der Waals surface area (Å²) in [6, 6.07) is 4.82. The highest BCUT2D eigenvalue weighted by Crippen LogP contribution is 2.37. The minimum absolute atomic E-state index is 0.0699. The molecule has 1 rings (SSSR count). The average Bonchev–Trinajstić information content (AvgIpc) is 2.49. The van der Waals surface area contributed by atoms with E-state index < -0.39 is 0 Å². The zero-order valence-corrected chi connectivity index (χ0v) is 19.0. The lowest BCUT2D eigenvalue weighted by Gasteiger charge is -2.35. The van der Waals surface area contributed by atoms with Crippen molar-refractivity contribution in [3.63, 3.8) is 0 Å². The molecule has 0 N–H and O–H groups in total. The summed E-state index contributed by atoms with van der Waals surface area (Å²) in [6.07, 6.45) is 2.02. The molecule has 1 aromatic carbocycles. The van der Waals surface area contributed by atoms with Crippen LogP contribution in [0, 0.1) is 0 Å². The van der Waals surface area contributed by atoms with E-state index in [0.29, 0.717) is 0 Å². The van der Waals surface area contributed by atoms with Crippen LogP contribution in [-0.4, -0.2) is 27.4 Å². The van der Waals surface area contributed by atoms with Crippen molar-refractivity contribution in [2.75, 3.05) is 27.4 Å². The van der Waals surface area contributed by atoms with Crippen molar-refractivity contribution < 1.29 is 9.47 Å². The van der Waals surface area contributed by atoms with Crippen LogP contribution in [-0.2, 0) is 25.7 Å². The number of benzene rings is 1. The fourth-order valence-corrected chi connectivity index (χ4v) is 4.14. The molecule has 0 aliphatic carbocycles. The maximum Gasteiger partial charge on any atom is 0.0470 e. The lowest BCUT2D eigenvalue weighted by Crippen LogP contribution is -2.33. The van der Waals surface area contributed by atoms with Gasteiger partial charge in [0.1, 0.15) is 0 Å². The third-order valence-corrected chi connectivity index (χ3v) is 5.99. The van der Waals surface area contributed by atoms with E-state index in [1.807, 2.05) is 0 Å². The zero-order valence-electron chi connectivity index (χ0n) is 17.9. The first-order valence-corrected chi connectivity index (χ1v) is 9.87. The molecule has 0 radical (unpaired) electrons.